The van der Waals surface area contributed by atoms with Crippen molar-refractivity contribution in [2.24, 2.45) is 0 Å². The van der Waals surface area contributed by atoms with E-state index in [9.17, 15) is 19.5 Å². The summed E-state index contributed by atoms with van der Waals surface area (Å²) in [5.41, 5.74) is 1.40. The molecule has 0 aliphatic rings. The molecule has 2 rings (SSSR count). The number of carbonyl (C=O) groups is 3. The molecule has 0 bridgehead atoms. The zero-order valence-corrected chi connectivity index (χ0v) is 19.2. The highest BCUT2D eigenvalue weighted by Crippen LogP contribution is 2.31. The van der Waals surface area contributed by atoms with Gasteiger partial charge in [0.2, 0.25) is 0 Å². The molecule has 0 aliphatic heterocycles. The summed E-state index contributed by atoms with van der Waals surface area (Å²) in [6, 6.07) is 14.1. The van der Waals surface area contributed by atoms with Gasteiger partial charge in [-0.25, -0.2) is 14.4 Å². The number of hydrogen-bond acceptors (Lipinski definition) is 7. The number of carbonyl (C=O) groups excluding carboxylic acids is 3. The van der Waals surface area contributed by atoms with Gasteiger partial charge in [-0.3, -0.25) is 0 Å². The lowest BCUT2D eigenvalue weighted by molar-refractivity contribution is -0.171. The van der Waals surface area contributed by atoms with Gasteiger partial charge in [0.15, 0.2) is 12.7 Å². The lowest BCUT2D eigenvalue weighted by atomic mass is 9.93. The van der Waals surface area contributed by atoms with Crippen LogP contribution in [0.3, 0.4) is 0 Å². The zero-order valence-electron chi connectivity index (χ0n) is 19.2. The Labute approximate surface area is 193 Å². The molecule has 1 atom stereocenters. The topological polar surface area (TPSA) is 99.1 Å². The predicted octanol–water partition coefficient (Wildman–Crippen LogP) is 4.31. The second-order valence-corrected chi connectivity index (χ2v) is 8.20. The van der Waals surface area contributed by atoms with Crippen LogP contribution in [0.15, 0.2) is 72.8 Å². The number of hydrogen-bond donors (Lipinski definition) is 1. The van der Waals surface area contributed by atoms with E-state index in [1.54, 1.807) is 43.3 Å². The molecule has 0 saturated heterocycles. The molecule has 0 heterocycles. The van der Waals surface area contributed by atoms with Crippen LogP contribution in [0.1, 0.15) is 39.4 Å². The van der Waals surface area contributed by atoms with Crippen LogP contribution in [0, 0.1) is 0 Å². The minimum absolute atomic E-state index is 0.166. The minimum Gasteiger partial charge on any atom is -0.452 e. The first-order valence-corrected chi connectivity index (χ1v) is 10.2. The second-order valence-electron chi connectivity index (χ2n) is 8.20. The molecular weight excluding hydrogens is 424 g/mol. The first kappa shape index (κ1) is 25.5. The van der Waals surface area contributed by atoms with Gasteiger partial charge in [0.1, 0.15) is 11.4 Å². The fraction of sp³-hybridized carbons (Fsp3) is 0.269. The van der Waals surface area contributed by atoms with E-state index >= 15 is 0 Å². The largest absolute Gasteiger partial charge is 0.452 e. The summed E-state index contributed by atoms with van der Waals surface area (Å²) >= 11 is 0. The summed E-state index contributed by atoms with van der Waals surface area (Å²) in [6.45, 7) is 12.5. The molecule has 0 aliphatic carbocycles. The number of ether oxygens (including phenoxy) is 3. The summed E-state index contributed by atoms with van der Waals surface area (Å²) in [4.78, 5) is 35.2. The number of esters is 3. The highest BCUT2D eigenvalue weighted by molar-refractivity contribution is 5.89. The van der Waals surface area contributed by atoms with E-state index in [1.807, 2.05) is 12.1 Å². The second kappa shape index (κ2) is 10.7. The molecule has 33 heavy (non-hydrogen) atoms. The Kier molecular flexibility index (Phi) is 8.32. The highest BCUT2D eigenvalue weighted by atomic mass is 16.6. The monoisotopic (exact) mass is 452 g/mol. The van der Waals surface area contributed by atoms with Gasteiger partial charge in [-0.05, 0) is 56.5 Å². The Balaban J connectivity index is 2.13. The molecule has 7 nitrogen and oxygen atoms in total. The van der Waals surface area contributed by atoms with Crippen LogP contribution in [0.5, 0.6) is 5.75 Å². The van der Waals surface area contributed by atoms with Crippen molar-refractivity contribution in [3.8, 4) is 16.9 Å². The van der Waals surface area contributed by atoms with Crippen LogP contribution < -0.4 is 4.74 Å². The summed E-state index contributed by atoms with van der Waals surface area (Å²) in [5, 5.41) is 10.5. The van der Waals surface area contributed by atoms with Crippen LogP contribution >= 0.6 is 0 Å². The molecule has 2 aromatic carbocycles. The van der Waals surface area contributed by atoms with E-state index in [2.05, 4.69) is 13.2 Å². The van der Waals surface area contributed by atoms with E-state index in [0.717, 1.165) is 11.1 Å². The van der Waals surface area contributed by atoms with Crippen LogP contribution in [0.25, 0.3) is 11.1 Å². The van der Waals surface area contributed by atoms with Crippen LogP contribution in [-0.4, -0.2) is 35.2 Å². The maximum Gasteiger partial charge on any atom is 0.345 e. The molecule has 0 aromatic heterocycles. The first-order chi connectivity index (χ1) is 15.4. The van der Waals surface area contributed by atoms with Gasteiger partial charge in [-0.15, -0.1) is 0 Å². The highest BCUT2D eigenvalue weighted by Gasteiger charge is 2.32. The molecule has 0 radical (unpaired) electrons. The first-order valence-electron chi connectivity index (χ1n) is 10.2. The Hall–Kier alpha value is -3.71. The predicted molar refractivity (Wildman–Crippen MR) is 123 cm³/mol. The Bertz CT molecular complexity index is 1040. The summed E-state index contributed by atoms with van der Waals surface area (Å²) < 4.78 is 15.4. The van der Waals surface area contributed by atoms with Crippen molar-refractivity contribution < 1.29 is 33.7 Å². The third kappa shape index (κ3) is 7.43. The number of rotatable bonds is 9. The quantitative estimate of drug-likeness (QED) is 0.344. The zero-order chi connectivity index (χ0) is 24.8. The van der Waals surface area contributed by atoms with Crippen molar-refractivity contribution in [2.75, 3.05) is 6.61 Å². The van der Waals surface area contributed by atoms with Crippen molar-refractivity contribution in [3.63, 3.8) is 0 Å². The maximum atomic E-state index is 12.2. The van der Waals surface area contributed by atoms with Crippen LogP contribution in [-0.2, 0) is 23.9 Å². The average Bonchev–Trinajstić information content (AvgIpc) is 2.75. The summed E-state index contributed by atoms with van der Waals surface area (Å²) in [5.74, 6) is -1.57. The third-order valence-electron chi connectivity index (χ3n) is 4.52. The molecule has 0 amide bonds. The van der Waals surface area contributed by atoms with Crippen molar-refractivity contribution in [1.82, 2.24) is 0 Å². The molecule has 1 unspecified atom stereocenters. The standard InChI is InChI=1S/C26H28O7/c1-16(2)24(28)31-15-22(27)33-23(26(5,6)30)20-9-7-18(8-10-20)19-11-13-21(14-12-19)32-25(29)17(3)4/h7-14,23,30H,1,3,15H2,2,4-6H3. The van der Waals surface area contributed by atoms with Crippen molar-refractivity contribution in [3.05, 3.63) is 78.4 Å². The Morgan fingerprint density at radius 2 is 1.36 bits per heavy atom. The van der Waals surface area contributed by atoms with Gasteiger partial charge in [-0.1, -0.05) is 49.6 Å². The van der Waals surface area contributed by atoms with Gasteiger partial charge in [0, 0.05) is 11.1 Å². The molecule has 2 aromatic rings. The molecule has 1 N–H and O–H groups in total. The van der Waals surface area contributed by atoms with Gasteiger partial charge >= 0.3 is 17.9 Å². The fourth-order valence-electron chi connectivity index (χ4n) is 2.79. The molecule has 0 fully saturated rings. The van der Waals surface area contributed by atoms with Crippen LogP contribution in [0.2, 0.25) is 0 Å². The molecule has 0 saturated carbocycles. The van der Waals surface area contributed by atoms with E-state index < -0.39 is 36.2 Å². The molecule has 174 valence electrons. The molecule has 0 spiro atoms. The smallest absolute Gasteiger partial charge is 0.345 e. The number of benzene rings is 2. The van der Waals surface area contributed by atoms with Crippen molar-refractivity contribution in [2.45, 2.75) is 39.4 Å². The van der Waals surface area contributed by atoms with E-state index in [0.29, 0.717) is 16.9 Å². The van der Waals surface area contributed by atoms with E-state index in [-0.39, 0.29) is 5.57 Å². The van der Waals surface area contributed by atoms with E-state index in [1.165, 1.54) is 20.8 Å². The lowest BCUT2D eigenvalue weighted by Gasteiger charge is -2.29. The maximum absolute atomic E-state index is 12.2. The number of aliphatic hydroxyl groups is 1. The van der Waals surface area contributed by atoms with Crippen molar-refractivity contribution in [1.29, 1.82) is 0 Å². The van der Waals surface area contributed by atoms with Gasteiger partial charge < -0.3 is 19.3 Å². The SMILES string of the molecule is C=C(C)C(=O)OCC(=O)OC(c1ccc(-c2ccc(OC(=O)C(=C)C)cc2)cc1)C(C)(C)O. The van der Waals surface area contributed by atoms with Crippen LogP contribution in [0.4, 0.5) is 0 Å². The summed E-state index contributed by atoms with van der Waals surface area (Å²) in [7, 11) is 0. The fourth-order valence-corrected chi connectivity index (χ4v) is 2.79. The average molecular weight is 453 g/mol. The molecule has 7 heteroatoms. The summed E-state index contributed by atoms with van der Waals surface area (Å²) in [6.07, 6.45) is -0.980. The van der Waals surface area contributed by atoms with Gasteiger partial charge in [0.25, 0.3) is 0 Å². The Morgan fingerprint density at radius 1 is 0.879 bits per heavy atom. The minimum atomic E-state index is -1.38. The normalized spacial score (nSPS) is 11.8. The molecular formula is C26H28O7. The van der Waals surface area contributed by atoms with E-state index in [4.69, 9.17) is 14.2 Å². The van der Waals surface area contributed by atoms with Gasteiger partial charge in [0.05, 0.1) is 0 Å². The van der Waals surface area contributed by atoms with Crippen molar-refractivity contribution >= 4 is 17.9 Å². The Morgan fingerprint density at radius 3 is 1.82 bits per heavy atom. The van der Waals surface area contributed by atoms with Gasteiger partial charge in [-0.2, -0.15) is 0 Å². The lowest BCUT2D eigenvalue weighted by Crippen LogP contribution is -2.33. The third-order valence-corrected chi connectivity index (χ3v) is 4.52.